The average molecular weight is 221 g/mol. The van der Waals surface area contributed by atoms with Gasteiger partial charge >= 0.3 is 5.97 Å². The van der Waals surface area contributed by atoms with Crippen LogP contribution in [0.4, 0.5) is 11.5 Å². The number of nitrogen functional groups attached to an aromatic ring is 1. The third kappa shape index (κ3) is 1.93. The Labute approximate surface area is 94.2 Å². The van der Waals surface area contributed by atoms with Crippen molar-refractivity contribution >= 4 is 17.5 Å². The first-order valence-corrected chi connectivity index (χ1v) is 5.28. The number of anilines is 2. The molecule has 0 amide bonds. The number of esters is 1. The van der Waals surface area contributed by atoms with Crippen LogP contribution in [0.3, 0.4) is 0 Å². The molecule has 0 bridgehead atoms. The Morgan fingerprint density at radius 3 is 3.19 bits per heavy atom. The normalized spacial score (nSPS) is 19.8. The molecule has 2 N–H and O–H groups in total. The van der Waals surface area contributed by atoms with Gasteiger partial charge in [-0.25, -0.2) is 9.78 Å². The Morgan fingerprint density at radius 2 is 2.50 bits per heavy atom. The van der Waals surface area contributed by atoms with Gasteiger partial charge in [-0.15, -0.1) is 0 Å². The minimum absolute atomic E-state index is 0.207. The monoisotopic (exact) mass is 221 g/mol. The molecule has 1 aliphatic rings. The Hall–Kier alpha value is -1.78. The van der Waals surface area contributed by atoms with Crippen LogP contribution in [0.2, 0.25) is 0 Å². The van der Waals surface area contributed by atoms with Crippen LogP contribution in [0.25, 0.3) is 0 Å². The minimum Gasteiger partial charge on any atom is -0.467 e. The smallest absolute Gasteiger partial charge is 0.328 e. The topological polar surface area (TPSA) is 68.5 Å². The van der Waals surface area contributed by atoms with Crippen LogP contribution in [0.15, 0.2) is 18.3 Å². The number of aromatic nitrogens is 1. The second-order valence-corrected chi connectivity index (χ2v) is 3.82. The van der Waals surface area contributed by atoms with Crippen molar-refractivity contribution in [3.8, 4) is 0 Å². The summed E-state index contributed by atoms with van der Waals surface area (Å²) in [4.78, 5) is 17.7. The van der Waals surface area contributed by atoms with Gasteiger partial charge in [-0.05, 0) is 18.9 Å². The highest BCUT2D eigenvalue weighted by Crippen LogP contribution is 2.25. The van der Waals surface area contributed by atoms with Gasteiger partial charge in [0.25, 0.3) is 0 Å². The third-order valence-corrected chi connectivity index (χ3v) is 2.79. The summed E-state index contributed by atoms with van der Waals surface area (Å²) in [5, 5.41) is 0. The fraction of sp³-hybridized carbons (Fsp3) is 0.455. The lowest BCUT2D eigenvalue weighted by Gasteiger charge is -2.23. The lowest BCUT2D eigenvalue weighted by Crippen LogP contribution is -2.37. The van der Waals surface area contributed by atoms with E-state index in [9.17, 15) is 4.79 Å². The van der Waals surface area contributed by atoms with E-state index in [0.29, 0.717) is 5.69 Å². The maximum atomic E-state index is 11.6. The fourth-order valence-corrected chi connectivity index (χ4v) is 2.01. The summed E-state index contributed by atoms with van der Waals surface area (Å²) >= 11 is 0. The number of rotatable bonds is 2. The molecule has 1 unspecified atom stereocenters. The zero-order valence-corrected chi connectivity index (χ0v) is 9.22. The summed E-state index contributed by atoms with van der Waals surface area (Å²) in [6, 6.07) is 3.29. The van der Waals surface area contributed by atoms with Crippen molar-refractivity contribution in [3.05, 3.63) is 18.3 Å². The summed E-state index contributed by atoms with van der Waals surface area (Å²) in [6.45, 7) is 0.816. The molecule has 16 heavy (non-hydrogen) atoms. The number of ether oxygens (including phenoxy) is 1. The summed E-state index contributed by atoms with van der Waals surface area (Å²) in [6.07, 6.45) is 3.43. The number of hydrogen-bond acceptors (Lipinski definition) is 5. The molecule has 86 valence electrons. The van der Waals surface area contributed by atoms with E-state index in [-0.39, 0.29) is 12.0 Å². The van der Waals surface area contributed by atoms with E-state index in [0.717, 1.165) is 25.2 Å². The lowest BCUT2D eigenvalue weighted by molar-refractivity contribution is -0.141. The van der Waals surface area contributed by atoms with E-state index < -0.39 is 0 Å². The molecule has 0 spiro atoms. The van der Waals surface area contributed by atoms with E-state index in [2.05, 4.69) is 4.98 Å². The van der Waals surface area contributed by atoms with Gasteiger partial charge in [-0.2, -0.15) is 0 Å². The first kappa shape index (κ1) is 10.7. The largest absolute Gasteiger partial charge is 0.467 e. The molecule has 1 aliphatic heterocycles. The highest BCUT2D eigenvalue weighted by Gasteiger charge is 2.32. The van der Waals surface area contributed by atoms with Gasteiger partial charge < -0.3 is 15.4 Å². The molecule has 5 heteroatoms. The van der Waals surface area contributed by atoms with E-state index in [1.54, 1.807) is 18.3 Å². The van der Waals surface area contributed by atoms with Gasteiger partial charge in [0.1, 0.15) is 11.9 Å². The van der Waals surface area contributed by atoms with Crippen LogP contribution in [0, 0.1) is 0 Å². The van der Waals surface area contributed by atoms with E-state index >= 15 is 0 Å². The van der Waals surface area contributed by atoms with Crippen molar-refractivity contribution in [2.24, 2.45) is 0 Å². The number of pyridine rings is 1. The zero-order chi connectivity index (χ0) is 11.5. The highest BCUT2D eigenvalue weighted by molar-refractivity contribution is 5.80. The molecule has 1 atom stereocenters. The number of nitrogens with zero attached hydrogens (tertiary/aromatic N) is 2. The molecular formula is C11H15N3O2. The highest BCUT2D eigenvalue weighted by atomic mass is 16.5. The molecule has 1 aromatic heterocycles. The number of carbonyl (C=O) groups excluding carboxylic acids is 1. The first-order valence-electron chi connectivity index (χ1n) is 5.28. The van der Waals surface area contributed by atoms with Gasteiger partial charge in [0.05, 0.1) is 7.11 Å². The number of hydrogen-bond donors (Lipinski definition) is 1. The molecule has 0 aromatic carbocycles. The molecule has 1 fully saturated rings. The minimum atomic E-state index is -0.223. The Kier molecular flexibility index (Phi) is 2.94. The summed E-state index contributed by atoms with van der Waals surface area (Å²) in [5.74, 6) is 0.537. The van der Waals surface area contributed by atoms with Crippen molar-refractivity contribution in [1.29, 1.82) is 0 Å². The predicted molar refractivity (Wildman–Crippen MR) is 61.0 cm³/mol. The molecule has 1 saturated heterocycles. The molecule has 2 rings (SSSR count). The summed E-state index contributed by atoms with van der Waals surface area (Å²) < 4.78 is 4.78. The van der Waals surface area contributed by atoms with Gasteiger partial charge in [0, 0.05) is 24.5 Å². The van der Waals surface area contributed by atoms with Crippen molar-refractivity contribution in [1.82, 2.24) is 4.98 Å². The summed E-state index contributed by atoms with van der Waals surface area (Å²) in [7, 11) is 1.41. The summed E-state index contributed by atoms with van der Waals surface area (Å²) in [5.41, 5.74) is 6.35. The lowest BCUT2D eigenvalue weighted by atomic mass is 10.2. The third-order valence-electron chi connectivity index (χ3n) is 2.79. The number of nitrogens with two attached hydrogens (primary N) is 1. The maximum absolute atomic E-state index is 11.6. The molecule has 2 heterocycles. The van der Waals surface area contributed by atoms with E-state index in [1.165, 1.54) is 7.11 Å². The Balaban J connectivity index is 2.23. The molecule has 0 radical (unpaired) electrons. The van der Waals surface area contributed by atoms with Crippen LogP contribution in [-0.4, -0.2) is 30.6 Å². The van der Waals surface area contributed by atoms with Crippen molar-refractivity contribution in [2.45, 2.75) is 18.9 Å². The Bertz CT molecular complexity index is 395. The van der Waals surface area contributed by atoms with Crippen LogP contribution in [-0.2, 0) is 9.53 Å². The second-order valence-electron chi connectivity index (χ2n) is 3.82. The van der Waals surface area contributed by atoms with Gasteiger partial charge in [0.2, 0.25) is 0 Å². The molecule has 0 aliphatic carbocycles. The van der Waals surface area contributed by atoms with Crippen LogP contribution >= 0.6 is 0 Å². The average Bonchev–Trinajstić information content (AvgIpc) is 2.77. The van der Waals surface area contributed by atoms with Crippen LogP contribution < -0.4 is 10.6 Å². The number of carbonyl (C=O) groups is 1. The maximum Gasteiger partial charge on any atom is 0.328 e. The van der Waals surface area contributed by atoms with Gasteiger partial charge in [-0.3, -0.25) is 0 Å². The van der Waals surface area contributed by atoms with Gasteiger partial charge in [0.15, 0.2) is 0 Å². The second kappa shape index (κ2) is 4.38. The Morgan fingerprint density at radius 1 is 1.69 bits per heavy atom. The standard InChI is InChI=1S/C11H15N3O2/c1-16-11(15)9-3-2-6-14(9)10-7-8(12)4-5-13-10/h4-5,7,9H,2-3,6H2,1H3,(H2,12,13). The van der Waals surface area contributed by atoms with Crippen molar-refractivity contribution in [3.63, 3.8) is 0 Å². The van der Waals surface area contributed by atoms with Crippen LogP contribution in [0.1, 0.15) is 12.8 Å². The molecule has 0 saturated carbocycles. The van der Waals surface area contributed by atoms with E-state index in [1.807, 2.05) is 4.90 Å². The van der Waals surface area contributed by atoms with Gasteiger partial charge in [-0.1, -0.05) is 0 Å². The predicted octanol–water partition coefficient (Wildman–Crippen LogP) is 0.806. The molecular weight excluding hydrogens is 206 g/mol. The van der Waals surface area contributed by atoms with Crippen LogP contribution in [0.5, 0.6) is 0 Å². The molecule has 1 aromatic rings. The quantitative estimate of drug-likeness (QED) is 0.748. The van der Waals surface area contributed by atoms with Crippen molar-refractivity contribution < 1.29 is 9.53 Å². The molecule has 5 nitrogen and oxygen atoms in total. The fourth-order valence-electron chi connectivity index (χ4n) is 2.01. The SMILES string of the molecule is COC(=O)C1CCCN1c1cc(N)ccn1. The van der Waals surface area contributed by atoms with Crippen molar-refractivity contribution in [2.75, 3.05) is 24.3 Å². The first-order chi connectivity index (χ1) is 7.72. The zero-order valence-electron chi connectivity index (χ0n) is 9.22. The number of methoxy groups -OCH3 is 1. The van der Waals surface area contributed by atoms with E-state index in [4.69, 9.17) is 10.5 Å².